The van der Waals surface area contributed by atoms with Crippen LogP contribution in [0.4, 0.5) is 0 Å². The number of rotatable bonds is 1. The Morgan fingerprint density at radius 2 is 1.89 bits per heavy atom. The Labute approximate surface area is 104 Å². The van der Waals surface area contributed by atoms with Crippen molar-refractivity contribution in [2.75, 3.05) is 0 Å². The first-order valence-corrected chi connectivity index (χ1v) is 5.79. The maximum atomic E-state index is 12.1. The summed E-state index contributed by atoms with van der Waals surface area (Å²) in [4.78, 5) is 16.4. The van der Waals surface area contributed by atoms with Crippen molar-refractivity contribution in [3.63, 3.8) is 0 Å². The molecule has 0 saturated heterocycles. The summed E-state index contributed by atoms with van der Waals surface area (Å²) in [5.41, 5.74) is 1.90. The Balaban J connectivity index is 2.41. The number of hydrogen-bond acceptors (Lipinski definition) is 2. The highest BCUT2D eigenvalue weighted by molar-refractivity contribution is 5.80. The van der Waals surface area contributed by atoms with E-state index in [1.807, 2.05) is 49.4 Å². The fourth-order valence-corrected chi connectivity index (χ4v) is 2.07. The lowest BCUT2D eigenvalue weighted by molar-refractivity contribution is 0.980. The van der Waals surface area contributed by atoms with E-state index in [9.17, 15) is 4.79 Å². The Morgan fingerprint density at radius 1 is 1.06 bits per heavy atom. The largest absolute Gasteiger partial charge is 0.269 e. The van der Waals surface area contributed by atoms with Gasteiger partial charge in [-0.25, -0.2) is 4.98 Å². The van der Waals surface area contributed by atoms with Gasteiger partial charge in [-0.15, -0.1) is 0 Å². The minimum atomic E-state index is -0.0631. The smallest absolute Gasteiger partial charge is 0.256 e. The van der Waals surface area contributed by atoms with E-state index >= 15 is 0 Å². The lowest BCUT2D eigenvalue weighted by Crippen LogP contribution is -2.18. The zero-order valence-electron chi connectivity index (χ0n) is 10.00. The molecule has 88 valence electrons. The molecule has 0 aliphatic carbocycles. The van der Waals surface area contributed by atoms with Crippen LogP contribution >= 0.6 is 0 Å². The van der Waals surface area contributed by atoms with Crippen molar-refractivity contribution < 1.29 is 0 Å². The molecular formula is C15H12N2O. The third-order valence-electron chi connectivity index (χ3n) is 2.93. The van der Waals surface area contributed by atoms with Crippen LogP contribution in [0.25, 0.3) is 16.7 Å². The van der Waals surface area contributed by atoms with Crippen molar-refractivity contribution in [1.82, 2.24) is 9.55 Å². The Kier molecular flexibility index (Phi) is 2.45. The molecule has 2 aromatic heterocycles. The third-order valence-corrected chi connectivity index (χ3v) is 2.93. The summed E-state index contributed by atoms with van der Waals surface area (Å²) in [6.07, 6.45) is 1.72. The highest BCUT2D eigenvalue weighted by Gasteiger charge is 2.05. The van der Waals surface area contributed by atoms with Crippen LogP contribution in [-0.4, -0.2) is 9.55 Å². The predicted molar refractivity (Wildman–Crippen MR) is 72.1 cm³/mol. The van der Waals surface area contributed by atoms with Gasteiger partial charge < -0.3 is 0 Å². The number of aromatic nitrogens is 2. The van der Waals surface area contributed by atoms with Gasteiger partial charge in [-0.1, -0.05) is 18.2 Å². The first-order chi connectivity index (χ1) is 8.75. The van der Waals surface area contributed by atoms with Crippen molar-refractivity contribution in [2.45, 2.75) is 6.92 Å². The second-order valence-electron chi connectivity index (χ2n) is 4.26. The summed E-state index contributed by atoms with van der Waals surface area (Å²) in [5, 5.41) is 1.03. The minimum absolute atomic E-state index is 0.0631. The molecule has 0 unspecified atom stereocenters. The van der Waals surface area contributed by atoms with Crippen LogP contribution in [-0.2, 0) is 0 Å². The van der Waals surface area contributed by atoms with E-state index in [0.717, 1.165) is 16.5 Å². The Hall–Kier alpha value is -2.42. The first-order valence-electron chi connectivity index (χ1n) is 5.79. The zero-order chi connectivity index (χ0) is 12.5. The molecule has 0 spiro atoms. The first kappa shape index (κ1) is 10.7. The quantitative estimate of drug-likeness (QED) is 0.651. The standard InChI is InChI=1S/C15H12N2O/c1-11-8-9-16-14(10-11)17-13-5-3-2-4-12(13)6-7-15(17)18/h2-10H,1H3. The Bertz CT molecular complexity index is 775. The van der Waals surface area contributed by atoms with Crippen LogP contribution in [0, 0.1) is 6.92 Å². The zero-order valence-corrected chi connectivity index (χ0v) is 10.00. The normalized spacial score (nSPS) is 10.7. The van der Waals surface area contributed by atoms with E-state index in [-0.39, 0.29) is 5.56 Å². The summed E-state index contributed by atoms with van der Waals surface area (Å²) in [7, 11) is 0. The topological polar surface area (TPSA) is 34.9 Å². The maximum Gasteiger partial charge on any atom is 0.256 e. The fraction of sp³-hybridized carbons (Fsp3) is 0.0667. The maximum absolute atomic E-state index is 12.1. The number of hydrogen-bond donors (Lipinski definition) is 0. The van der Waals surface area contributed by atoms with Gasteiger partial charge in [0.2, 0.25) is 0 Å². The van der Waals surface area contributed by atoms with Crippen LogP contribution in [0.2, 0.25) is 0 Å². The molecule has 0 aliphatic heterocycles. The van der Waals surface area contributed by atoms with Crippen molar-refractivity contribution in [1.29, 1.82) is 0 Å². The third kappa shape index (κ3) is 1.70. The van der Waals surface area contributed by atoms with Crippen molar-refractivity contribution in [2.24, 2.45) is 0 Å². The second-order valence-corrected chi connectivity index (χ2v) is 4.26. The summed E-state index contributed by atoms with van der Waals surface area (Å²) < 4.78 is 1.64. The van der Waals surface area contributed by atoms with Gasteiger partial charge in [0.1, 0.15) is 5.82 Å². The molecule has 0 atom stereocenters. The van der Waals surface area contributed by atoms with Gasteiger partial charge in [0.05, 0.1) is 5.52 Å². The molecule has 18 heavy (non-hydrogen) atoms. The fourth-order valence-electron chi connectivity index (χ4n) is 2.07. The highest BCUT2D eigenvalue weighted by atomic mass is 16.1. The second kappa shape index (κ2) is 4.11. The number of pyridine rings is 2. The number of benzene rings is 1. The monoisotopic (exact) mass is 236 g/mol. The van der Waals surface area contributed by atoms with Crippen molar-refractivity contribution in [3.05, 3.63) is 70.6 Å². The molecule has 0 aliphatic rings. The molecule has 3 nitrogen and oxygen atoms in total. The molecule has 0 N–H and O–H groups in total. The molecule has 0 radical (unpaired) electrons. The highest BCUT2D eigenvalue weighted by Crippen LogP contribution is 2.15. The van der Waals surface area contributed by atoms with Crippen LogP contribution in [0.5, 0.6) is 0 Å². The predicted octanol–water partition coefficient (Wildman–Crippen LogP) is 2.69. The van der Waals surface area contributed by atoms with Gasteiger partial charge in [0.25, 0.3) is 5.56 Å². The molecule has 1 aromatic carbocycles. The van der Waals surface area contributed by atoms with E-state index in [4.69, 9.17) is 0 Å². The van der Waals surface area contributed by atoms with Crippen LogP contribution in [0.3, 0.4) is 0 Å². The summed E-state index contributed by atoms with van der Waals surface area (Å²) in [6, 6.07) is 15.0. The van der Waals surface area contributed by atoms with E-state index in [1.165, 1.54) is 0 Å². The Morgan fingerprint density at radius 3 is 2.72 bits per heavy atom. The summed E-state index contributed by atoms with van der Waals surface area (Å²) in [5.74, 6) is 0.664. The summed E-state index contributed by atoms with van der Waals surface area (Å²) in [6.45, 7) is 1.99. The van der Waals surface area contributed by atoms with Gasteiger partial charge in [0, 0.05) is 12.3 Å². The van der Waals surface area contributed by atoms with E-state index in [0.29, 0.717) is 5.82 Å². The molecule has 0 amide bonds. The number of fused-ring (bicyclic) bond motifs is 1. The van der Waals surface area contributed by atoms with Gasteiger partial charge in [-0.2, -0.15) is 0 Å². The molecule has 3 aromatic rings. The molecule has 2 heterocycles. The molecule has 0 fully saturated rings. The van der Waals surface area contributed by atoms with Crippen molar-refractivity contribution >= 4 is 10.9 Å². The van der Waals surface area contributed by atoms with E-state index in [2.05, 4.69) is 4.98 Å². The van der Waals surface area contributed by atoms with Crippen LogP contribution in [0.15, 0.2) is 59.5 Å². The number of para-hydroxylation sites is 1. The lowest BCUT2D eigenvalue weighted by atomic mass is 10.2. The van der Waals surface area contributed by atoms with E-state index in [1.54, 1.807) is 16.8 Å². The van der Waals surface area contributed by atoms with Crippen molar-refractivity contribution in [3.8, 4) is 5.82 Å². The molecule has 0 bridgehead atoms. The van der Waals surface area contributed by atoms with Crippen LogP contribution < -0.4 is 5.56 Å². The van der Waals surface area contributed by atoms with Gasteiger partial charge in [-0.3, -0.25) is 9.36 Å². The van der Waals surface area contributed by atoms with Gasteiger partial charge in [0.15, 0.2) is 0 Å². The average molecular weight is 236 g/mol. The van der Waals surface area contributed by atoms with Gasteiger partial charge in [-0.05, 0) is 42.1 Å². The molecular weight excluding hydrogens is 224 g/mol. The number of nitrogens with zero attached hydrogens (tertiary/aromatic N) is 2. The molecule has 3 heteroatoms. The molecule has 3 rings (SSSR count). The molecule has 0 saturated carbocycles. The SMILES string of the molecule is Cc1ccnc(-n2c(=O)ccc3ccccc32)c1. The van der Waals surface area contributed by atoms with Crippen LogP contribution in [0.1, 0.15) is 5.56 Å². The van der Waals surface area contributed by atoms with E-state index < -0.39 is 0 Å². The minimum Gasteiger partial charge on any atom is -0.269 e. The average Bonchev–Trinajstić information content (AvgIpc) is 2.38. The number of aryl methyl sites for hydroxylation is 1. The lowest BCUT2D eigenvalue weighted by Gasteiger charge is -2.09. The van der Waals surface area contributed by atoms with Gasteiger partial charge >= 0.3 is 0 Å². The summed E-state index contributed by atoms with van der Waals surface area (Å²) >= 11 is 0.